The minimum atomic E-state index is -0.354. The summed E-state index contributed by atoms with van der Waals surface area (Å²) in [7, 11) is 3.18. The molecular formula is C12H16BrN3O3. The van der Waals surface area contributed by atoms with Crippen molar-refractivity contribution in [3.63, 3.8) is 0 Å². The van der Waals surface area contributed by atoms with Crippen molar-refractivity contribution in [1.29, 1.82) is 0 Å². The van der Waals surface area contributed by atoms with E-state index >= 15 is 0 Å². The quantitative estimate of drug-likeness (QED) is 0.733. The van der Waals surface area contributed by atoms with Crippen LogP contribution in [0.25, 0.3) is 11.0 Å². The molecule has 1 aromatic heterocycles. The van der Waals surface area contributed by atoms with Crippen LogP contribution in [-0.4, -0.2) is 36.5 Å². The van der Waals surface area contributed by atoms with Gasteiger partial charge in [-0.05, 0) is 35.0 Å². The molecule has 0 amide bonds. The maximum atomic E-state index is 11.2. The number of rotatable bonds is 5. The van der Waals surface area contributed by atoms with Crippen LogP contribution in [0.2, 0.25) is 0 Å². The number of hydrogen-bond acceptors (Lipinski definition) is 4. The summed E-state index contributed by atoms with van der Waals surface area (Å²) in [5.41, 5.74) is 2.13. The van der Waals surface area contributed by atoms with E-state index in [9.17, 15) is 4.79 Å². The Morgan fingerprint density at radius 3 is 2.37 bits per heavy atom. The van der Waals surface area contributed by atoms with Crippen LogP contribution in [0.5, 0.6) is 0 Å². The fraction of sp³-hybridized carbons (Fsp3) is 0.417. The maximum absolute atomic E-state index is 11.2. The van der Waals surface area contributed by atoms with Gasteiger partial charge >= 0.3 is 5.69 Å². The van der Waals surface area contributed by atoms with Gasteiger partial charge in [0, 0.05) is 18.7 Å². The van der Waals surface area contributed by atoms with Crippen molar-refractivity contribution in [1.82, 2.24) is 9.97 Å². The molecule has 1 heterocycles. The highest BCUT2D eigenvalue weighted by Gasteiger charge is 2.17. The predicted octanol–water partition coefficient (Wildman–Crippen LogP) is 2.04. The van der Waals surface area contributed by atoms with Crippen LogP contribution in [0.1, 0.15) is 6.92 Å². The number of anilines is 1. The number of ether oxygens (including phenoxy) is 2. The van der Waals surface area contributed by atoms with Gasteiger partial charge < -0.3 is 24.8 Å². The van der Waals surface area contributed by atoms with E-state index in [4.69, 9.17) is 9.47 Å². The molecule has 0 bridgehead atoms. The Balaban J connectivity index is 2.29. The molecule has 7 heteroatoms. The van der Waals surface area contributed by atoms with E-state index in [0.717, 1.165) is 21.2 Å². The van der Waals surface area contributed by atoms with E-state index < -0.39 is 0 Å². The van der Waals surface area contributed by atoms with E-state index in [1.807, 2.05) is 19.1 Å². The molecule has 19 heavy (non-hydrogen) atoms. The molecular weight excluding hydrogens is 314 g/mol. The third-order valence-corrected chi connectivity index (χ3v) is 3.52. The number of aromatic nitrogens is 2. The average Bonchev–Trinajstić information content (AvgIpc) is 2.70. The number of methoxy groups -OCH3 is 2. The number of fused-ring (bicyclic) bond motifs is 1. The Kier molecular flexibility index (Phi) is 4.28. The summed E-state index contributed by atoms with van der Waals surface area (Å²) in [5, 5.41) is 3.28. The molecule has 0 saturated carbocycles. The minimum absolute atomic E-state index is 0.0468. The Hall–Kier alpha value is -1.31. The van der Waals surface area contributed by atoms with Gasteiger partial charge in [-0.15, -0.1) is 0 Å². The molecule has 0 radical (unpaired) electrons. The smallest absolute Gasteiger partial charge is 0.323 e. The molecule has 3 N–H and O–H groups in total. The molecule has 2 aromatic rings. The Bertz CT molecular complexity index is 618. The maximum Gasteiger partial charge on any atom is 0.323 e. The largest absolute Gasteiger partial charge is 0.376 e. The van der Waals surface area contributed by atoms with Crippen molar-refractivity contribution in [2.45, 2.75) is 19.3 Å². The van der Waals surface area contributed by atoms with Gasteiger partial charge in [0.2, 0.25) is 0 Å². The highest BCUT2D eigenvalue weighted by molar-refractivity contribution is 9.10. The van der Waals surface area contributed by atoms with Gasteiger partial charge in [-0.25, -0.2) is 4.79 Å². The first kappa shape index (κ1) is 14.1. The van der Waals surface area contributed by atoms with E-state index in [2.05, 4.69) is 31.2 Å². The second-order valence-corrected chi connectivity index (χ2v) is 5.08. The van der Waals surface area contributed by atoms with Crippen molar-refractivity contribution < 1.29 is 9.47 Å². The first-order valence-corrected chi connectivity index (χ1v) is 6.58. The van der Waals surface area contributed by atoms with Crippen LogP contribution in [-0.2, 0) is 9.47 Å². The predicted molar refractivity (Wildman–Crippen MR) is 77.5 cm³/mol. The molecule has 0 saturated heterocycles. The van der Waals surface area contributed by atoms with Gasteiger partial charge in [-0.3, -0.25) is 0 Å². The Labute approximate surface area is 118 Å². The summed E-state index contributed by atoms with van der Waals surface area (Å²) >= 11 is 3.47. The lowest BCUT2D eigenvalue weighted by atomic mass is 10.2. The van der Waals surface area contributed by atoms with Crippen LogP contribution in [0.4, 0.5) is 5.69 Å². The topological polar surface area (TPSA) is 79.1 Å². The Morgan fingerprint density at radius 1 is 1.21 bits per heavy atom. The number of benzene rings is 1. The summed E-state index contributed by atoms with van der Waals surface area (Å²) in [6.07, 6.45) is -0.354. The number of H-pyrrole nitrogens is 2. The van der Waals surface area contributed by atoms with Crippen LogP contribution in [0.15, 0.2) is 21.4 Å². The molecule has 104 valence electrons. The summed E-state index contributed by atoms with van der Waals surface area (Å²) in [6, 6.07) is 3.65. The van der Waals surface area contributed by atoms with Crippen LogP contribution in [0.3, 0.4) is 0 Å². The van der Waals surface area contributed by atoms with Crippen molar-refractivity contribution in [3.8, 4) is 0 Å². The van der Waals surface area contributed by atoms with Crippen LogP contribution >= 0.6 is 15.9 Å². The van der Waals surface area contributed by atoms with Crippen molar-refractivity contribution in [2.24, 2.45) is 0 Å². The van der Waals surface area contributed by atoms with Crippen LogP contribution < -0.4 is 11.0 Å². The molecule has 0 spiro atoms. The van der Waals surface area contributed by atoms with Gasteiger partial charge in [0.05, 0.1) is 22.8 Å². The molecule has 2 rings (SSSR count). The number of imidazole rings is 1. The molecule has 0 aliphatic rings. The number of nitrogens with one attached hydrogen (secondary N) is 3. The van der Waals surface area contributed by atoms with Crippen LogP contribution in [0, 0.1) is 0 Å². The SMILES string of the molecule is COC(OC)C(C)Nc1cc2[nH]c(=O)[nH]c2cc1Br. The zero-order chi connectivity index (χ0) is 14.0. The Morgan fingerprint density at radius 2 is 1.79 bits per heavy atom. The second-order valence-electron chi connectivity index (χ2n) is 4.23. The third kappa shape index (κ3) is 2.99. The van der Waals surface area contributed by atoms with Gasteiger partial charge in [-0.2, -0.15) is 0 Å². The molecule has 1 atom stereocenters. The minimum Gasteiger partial charge on any atom is -0.376 e. The van der Waals surface area contributed by atoms with Crippen molar-refractivity contribution in [2.75, 3.05) is 19.5 Å². The molecule has 6 nitrogen and oxygen atoms in total. The lowest BCUT2D eigenvalue weighted by molar-refractivity contribution is -0.109. The normalized spacial score (nSPS) is 13.1. The van der Waals surface area contributed by atoms with Gasteiger partial charge in [0.1, 0.15) is 0 Å². The summed E-state index contributed by atoms with van der Waals surface area (Å²) in [6.45, 7) is 1.95. The summed E-state index contributed by atoms with van der Waals surface area (Å²) in [4.78, 5) is 16.7. The summed E-state index contributed by atoms with van der Waals surface area (Å²) in [5.74, 6) is 0. The molecule has 1 aromatic carbocycles. The lowest BCUT2D eigenvalue weighted by Crippen LogP contribution is -2.33. The zero-order valence-corrected chi connectivity index (χ0v) is 12.5. The first-order valence-electron chi connectivity index (χ1n) is 5.79. The first-order chi connectivity index (χ1) is 9.05. The highest BCUT2D eigenvalue weighted by Crippen LogP contribution is 2.27. The fourth-order valence-electron chi connectivity index (χ4n) is 1.98. The van der Waals surface area contributed by atoms with E-state index in [1.54, 1.807) is 14.2 Å². The molecule has 1 unspecified atom stereocenters. The zero-order valence-electron chi connectivity index (χ0n) is 10.9. The molecule has 0 aliphatic carbocycles. The van der Waals surface area contributed by atoms with Crippen molar-refractivity contribution >= 4 is 32.7 Å². The van der Waals surface area contributed by atoms with Gasteiger partial charge in [0.15, 0.2) is 6.29 Å². The van der Waals surface area contributed by atoms with Gasteiger partial charge in [-0.1, -0.05) is 0 Å². The van der Waals surface area contributed by atoms with E-state index in [-0.39, 0.29) is 18.0 Å². The molecule has 0 aliphatic heterocycles. The second kappa shape index (κ2) is 5.77. The van der Waals surface area contributed by atoms with E-state index in [0.29, 0.717) is 0 Å². The number of aromatic amines is 2. The third-order valence-electron chi connectivity index (χ3n) is 2.86. The lowest BCUT2D eigenvalue weighted by Gasteiger charge is -2.23. The summed E-state index contributed by atoms with van der Waals surface area (Å²) < 4.78 is 11.3. The van der Waals surface area contributed by atoms with E-state index in [1.165, 1.54) is 0 Å². The molecule has 0 fully saturated rings. The fourth-order valence-corrected chi connectivity index (χ4v) is 2.44. The van der Waals surface area contributed by atoms with Gasteiger partial charge in [0.25, 0.3) is 0 Å². The average molecular weight is 330 g/mol. The van der Waals surface area contributed by atoms with Crippen molar-refractivity contribution in [3.05, 3.63) is 27.1 Å². The number of hydrogen-bond donors (Lipinski definition) is 3. The highest BCUT2D eigenvalue weighted by atomic mass is 79.9. The standard InChI is InChI=1S/C12H16BrN3O3/c1-6(11(18-2)19-3)14-8-5-10-9(4-7(8)13)15-12(17)16-10/h4-6,11,14H,1-3H3,(H2,15,16,17). The number of halogens is 1. The monoisotopic (exact) mass is 329 g/mol.